The van der Waals surface area contributed by atoms with Gasteiger partial charge < -0.3 is 4.98 Å². The molecular weight excluding hydrogens is 264 g/mol. The van der Waals surface area contributed by atoms with Crippen LogP contribution in [0.1, 0.15) is 31.3 Å². The normalized spacial score (nSPS) is 22.1. The fourth-order valence-corrected chi connectivity index (χ4v) is 4.01. The molecule has 6 nitrogen and oxygen atoms in total. The van der Waals surface area contributed by atoms with E-state index >= 15 is 0 Å². The Kier molecular flexibility index (Phi) is 2.83. The van der Waals surface area contributed by atoms with Crippen LogP contribution in [0.4, 0.5) is 0 Å². The lowest BCUT2D eigenvalue weighted by atomic mass is 10.1. The highest BCUT2D eigenvalue weighted by Crippen LogP contribution is 2.24. The molecule has 0 radical (unpaired) electrons. The summed E-state index contributed by atoms with van der Waals surface area (Å²) in [6, 6.07) is 1.62. The van der Waals surface area contributed by atoms with Gasteiger partial charge in [-0.1, -0.05) is 6.92 Å². The Hall–Kier alpha value is -1.47. The molecule has 0 bridgehead atoms. The van der Waals surface area contributed by atoms with Crippen LogP contribution in [0, 0.1) is 6.92 Å². The Morgan fingerprint density at radius 1 is 1.42 bits per heavy atom. The van der Waals surface area contributed by atoms with Crippen molar-refractivity contribution in [1.29, 1.82) is 0 Å². The number of nitrogens with one attached hydrogen (secondary N) is 2. The zero-order chi connectivity index (χ0) is 13.6. The summed E-state index contributed by atoms with van der Waals surface area (Å²) >= 11 is 0. The minimum absolute atomic E-state index is 0.0211. The van der Waals surface area contributed by atoms with E-state index in [4.69, 9.17) is 0 Å². The highest BCUT2D eigenvalue weighted by molar-refractivity contribution is 7.89. The molecule has 1 aliphatic rings. The first kappa shape index (κ1) is 12.6. The molecular formula is C12H16N4O2S. The molecule has 0 saturated heterocycles. The van der Waals surface area contributed by atoms with Gasteiger partial charge >= 0.3 is 0 Å². The van der Waals surface area contributed by atoms with Gasteiger partial charge in [-0.15, -0.1) is 0 Å². The number of rotatable bonds is 1. The highest BCUT2D eigenvalue weighted by atomic mass is 32.2. The Morgan fingerprint density at radius 2 is 2.21 bits per heavy atom. The van der Waals surface area contributed by atoms with E-state index in [1.54, 1.807) is 6.07 Å². The number of aromatic nitrogens is 3. The zero-order valence-electron chi connectivity index (χ0n) is 10.9. The smallest absolute Gasteiger partial charge is 0.242 e. The summed E-state index contributed by atoms with van der Waals surface area (Å²) in [6.07, 6.45) is 2.20. The first-order valence-corrected chi connectivity index (χ1v) is 7.86. The molecule has 0 saturated carbocycles. The minimum atomic E-state index is -3.48. The van der Waals surface area contributed by atoms with E-state index in [2.05, 4.69) is 19.7 Å². The van der Waals surface area contributed by atoms with Gasteiger partial charge in [-0.25, -0.2) is 23.1 Å². The molecule has 2 aromatic rings. The predicted octanol–water partition coefficient (Wildman–Crippen LogP) is 1.27. The number of imidazole rings is 1. The molecule has 0 spiro atoms. The molecule has 1 atom stereocenters. The molecule has 0 amide bonds. The Labute approximate surface area is 111 Å². The molecule has 0 fully saturated rings. The fraction of sp³-hybridized carbons (Fsp3) is 0.500. The maximum absolute atomic E-state index is 12.3. The molecule has 1 aliphatic heterocycles. The van der Waals surface area contributed by atoms with E-state index in [-0.39, 0.29) is 10.9 Å². The summed E-state index contributed by atoms with van der Waals surface area (Å²) < 4.78 is 27.4. The maximum atomic E-state index is 12.3. The van der Waals surface area contributed by atoms with Crippen LogP contribution in [-0.2, 0) is 16.4 Å². The van der Waals surface area contributed by atoms with Crippen molar-refractivity contribution in [2.45, 2.75) is 44.0 Å². The third kappa shape index (κ3) is 2.12. The molecule has 1 unspecified atom stereocenters. The second-order valence-electron chi connectivity index (χ2n) is 4.89. The minimum Gasteiger partial charge on any atom is -0.341 e. The second kappa shape index (κ2) is 4.28. The van der Waals surface area contributed by atoms with E-state index in [9.17, 15) is 8.42 Å². The standard InChI is InChI=1S/C12H16N4O2S/c1-3-8-4-5-9-11(19(17,18)16-8)6-10-12(15-9)14-7(2)13-10/h6,8,16H,3-5H2,1-2H3,(H,13,14,15). The SMILES string of the molecule is CCC1CCc2nc3nc(C)[nH]c3cc2S(=O)(=O)N1. The van der Waals surface area contributed by atoms with Gasteiger partial charge in [0.1, 0.15) is 10.7 Å². The summed E-state index contributed by atoms with van der Waals surface area (Å²) in [5, 5.41) is 0. The van der Waals surface area contributed by atoms with Crippen LogP contribution in [0.5, 0.6) is 0 Å². The van der Waals surface area contributed by atoms with Crippen LogP contribution in [0.15, 0.2) is 11.0 Å². The van der Waals surface area contributed by atoms with Gasteiger partial charge in [0.15, 0.2) is 5.65 Å². The average Bonchev–Trinajstić information content (AvgIpc) is 2.66. The molecule has 2 aromatic heterocycles. The lowest BCUT2D eigenvalue weighted by molar-refractivity contribution is 0.526. The number of nitrogens with zero attached hydrogens (tertiary/aromatic N) is 2. The van der Waals surface area contributed by atoms with Crippen molar-refractivity contribution < 1.29 is 8.42 Å². The van der Waals surface area contributed by atoms with Crippen LogP contribution < -0.4 is 4.72 Å². The van der Waals surface area contributed by atoms with Crippen LogP contribution in [0.3, 0.4) is 0 Å². The first-order chi connectivity index (χ1) is 8.99. The molecule has 7 heteroatoms. The number of hydrogen-bond acceptors (Lipinski definition) is 4. The number of pyridine rings is 1. The monoisotopic (exact) mass is 280 g/mol. The van der Waals surface area contributed by atoms with Gasteiger partial charge in [0.25, 0.3) is 0 Å². The molecule has 19 heavy (non-hydrogen) atoms. The van der Waals surface area contributed by atoms with E-state index in [1.165, 1.54) is 0 Å². The third-order valence-corrected chi connectivity index (χ3v) is 5.04. The number of hydrogen-bond donors (Lipinski definition) is 2. The van der Waals surface area contributed by atoms with Gasteiger partial charge in [0, 0.05) is 6.04 Å². The Balaban J connectivity index is 2.21. The molecule has 102 valence electrons. The van der Waals surface area contributed by atoms with Gasteiger partial charge in [-0.2, -0.15) is 0 Å². The van der Waals surface area contributed by atoms with Crippen molar-refractivity contribution in [2.24, 2.45) is 0 Å². The fourth-order valence-electron chi connectivity index (χ4n) is 2.43. The molecule has 0 aliphatic carbocycles. The quantitative estimate of drug-likeness (QED) is 0.823. The first-order valence-electron chi connectivity index (χ1n) is 6.38. The average molecular weight is 280 g/mol. The summed E-state index contributed by atoms with van der Waals surface area (Å²) in [6.45, 7) is 3.80. The van der Waals surface area contributed by atoms with Crippen LogP contribution in [0.2, 0.25) is 0 Å². The highest BCUT2D eigenvalue weighted by Gasteiger charge is 2.28. The van der Waals surface area contributed by atoms with Crippen molar-refractivity contribution in [2.75, 3.05) is 0 Å². The van der Waals surface area contributed by atoms with Crippen molar-refractivity contribution in [1.82, 2.24) is 19.7 Å². The maximum Gasteiger partial charge on any atom is 0.242 e. The van der Waals surface area contributed by atoms with Crippen LogP contribution in [-0.4, -0.2) is 29.4 Å². The van der Waals surface area contributed by atoms with Crippen LogP contribution in [0.25, 0.3) is 11.2 Å². The molecule has 3 rings (SSSR count). The van der Waals surface area contributed by atoms with Gasteiger partial charge in [0.05, 0.1) is 11.2 Å². The van der Waals surface area contributed by atoms with E-state index in [0.717, 1.165) is 18.7 Å². The van der Waals surface area contributed by atoms with Crippen molar-refractivity contribution >= 4 is 21.2 Å². The number of fused-ring (bicyclic) bond motifs is 2. The summed E-state index contributed by atoms with van der Waals surface area (Å²) in [5.41, 5.74) is 1.86. The van der Waals surface area contributed by atoms with Gasteiger partial charge in [-0.3, -0.25) is 0 Å². The van der Waals surface area contributed by atoms with E-state index in [1.807, 2.05) is 13.8 Å². The lowest BCUT2D eigenvalue weighted by Gasteiger charge is -2.12. The molecule has 0 aromatic carbocycles. The summed E-state index contributed by atoms with van der Waals surface area (Å²) in [5.74, 6) is 0.736. The summed E-state index contributed by atoms with van der Waals surface area (Å²) in [4.78, 5) is 12.0. The van der Waals surface area contributed by atoms with Gasteiger partial charge in [0.2, 0.25) is 10.0 Å². The largest absolute Gasteiger partial charge is 0.341 e. The van der Waals surface area contributed by atoms with Crippen molar-refractivity contribution in [3.63, 3.8) is 0 Å². The topological polar surface area (TPSA) is 87.7 Å². The van der Waals surface area contributed by atoms with Crippen molar-refractivity contribution in [3.05, 3.63) is 17.6 Å². The molecule has 3 heterocycles. The predicted molar refractivity (Wildman–Crippen MR) is 71.3 cm³/mol. The lowest BCUT2D eigenvalue weighted by Crippen LogP contribution is -2.32. The van der Waals surface area contributed by atoms with Crippen LogP contribution >= 0.6 is 0 Å². The molecule has 2 N–H and O–H groups in total. The number of aryl methyl sites for hydroxylation is 2. The second-order valence-corrected chi connectivity index (χ2v) is 6.57. The number of sulfonamides is 1. The van der Waals surface area contributed by atoms with E-state index < -0.39 is 10.0 Å². The Morgan fingerprint density at radius 3 is 2.95 bits per heavy atom. The van der Waals surface area contributed by atoms with Crippen molar-refractivity contribution in [3.8, 4) is 0 Å². The Bertz CT molecular complexity index is 736. The number of aromatic amines is 1. The van der Waals surface area contributed by atoms with Gasteiger partial charge in [-0.05, 0) is 32.3 Å². The number of H-pyrrole nitrogens is 1. The zero-order valence-corrected chi connectivity index (χ0v) is 11.7. The van der Waals surface area contributed by atoms with E-state index in [0.29, 0.717) is 23.3 Å². The summed E-state index contributed by atoms with van der Waals surface area (Å²) in [7, 11) is -3.48. The third-order valence-electron chi connectivity index (χ3n) is 3.46.